The minimum absolute atomic E-state index is 1.07. The van der Waals surface area contributed by atoms with E-state index in [1.165, 1.54) is 16.5 Å². The van der Waals surface area contributed by atoms with E-state index >= 15 is 0 Å². The first-order valence-corrected chi connectivity index (χ1v) is 5.91. The number of fused-ring (bicyclic) bond motifs is 2. The normalized spacial score (nSPS) is 11.3. The lowest BCUT2D eigenvalue weighted by Gasteiger charge is -2.03. The van der Waals surface area contributed by atoms with Crippen molar-refractivity contribution in [2.45, 2.75) is 0 Å². The first-order valence-electron chi connectivity index (χ1n) is 5.91. The van der Waals surface area contributed by atoms with Gasteiger partial charge >= 0.3 is 0 Å². The summed E-state index contributed by atoms with van der Waals surface area (Å²) >= 11 is 0. The summed E-state index contributed by atoms with van der Waals surface area (Å²) in [5.74, 6) is 0. The zero-order chi connectivity index (χ0) is 11.9. The molecule has 0 radical (unpaired) electrons. The molecule has 0 spiro atoms. The van der Waals surface area contributed by atoms with Crippen molar-refractivity contribution in [2.75, 3.05) is 0 Å². The summed E-state index contributed by atoms with van der Waals surface area (Å²) in [5, 5.41) is 9.46. The second-order valence-corrected chi connectivity index (χ2v) is 4.42. The monoisotopic (exact) mass is 233 g/mol. The summed E-state index contributed by atoms with van der Waals surface area (Å²) in [7, 11) is 0. The molecule has 3 heteroatoms. The van der Waals surface area contributed by atoms with Gasteiger partial charge in [-0.1, -0.05) is 24.3 Å². The largest absolute Gasteiger partial charge is 0.361 e. The molecule has 0 amide bonds. The molecule has 4 aromatic rings. The van der Waals surface area contributed by atoms with E-state index < -0.39 is 0 Å². The molecule has 0 atom stereocenters. The second-order valence-electron chi connectivity index (χ2n) is 4.42. The van der Waals surface area contributed by atoms with Gasteiger partial charge in [0.05, 0.1) is 11.7 Å². The Labute approximate surface area is 103 Å². The van der Waals surface area contributed by atoms with Gasteiger partial charge in [0.15, 0.2) is 0 Å². The quantitative estimate of drug-likeness (QED) is 0.517. The molecule has 0 bridgehead atoms. The number of aromatic nitrogens is 3. The van der Waals surface area contributed by atoms with Crippen molar-refractivity contribution in [2.24, 2.45) is 0 Å². The molecule has 86 valence electrons. The summed E-state index contributed by atoms with van der Waals surface area (Å²) in [4.78, 5) is 3.24. The fourth-order valence-corrected chi connectivity index (χ4v) is 2.44. The molecular weight excluding hydrogens is 222 g/mol. The molecule has 0 saturated carbocycles. The molecule has 2 heterocycles. The highest BCUT2D eigenvalue weighted by molar-refractivity contribution is 5.97. The number of nitrogens with zero attached hydrogens (tertiary/aromatic N) is 1. The zero-order valence-electron chi connectivity index (χ0n) is 9.64. The van der Waals surface area contributed by atoms with Crippen LogP contribution in [0.15, 0.2) is 54.9 Å². The lowest BCUT2D eigenvalue weighted by Crippen LogP contribution is -1.79. The third kappa shape index (κ3) is 1.27. The average molecular weight is 233 g/mol. The van der Waals surface area contributed by atoms with Crippen LogP contribution in [0.4, 0.5) is 0 Å². The van der Waals surface area contributed by atoms with Crippen LogP contribution < -0.4 is 0 Å². The van der Waals surface area contributed by atoms with Gasteiger partial charge in [-0.3, -0.25) is 5.10 Å². The Hall–Kier alpha value is -2.55. The Morgan fingerprint density at radius 1 is 0.944 bits per heavy atom. The van der Waals surface area contributed by atoms with E-state index in [9.17, 15) is 0 Å². The van der Waals surface area contributed by atoms with E-state index in [2.05, 4.69) is 57.6 Å². The van der Waals surface area contributed by atoms with E-state index in [-0.39, 0.29) is 0 Å². The molecule has 2 aromatic carbocycles. The van der Waals surface area contributed by atoms with Crippen molar-refractivity contribution in [3.8, 4) is 11.1 Å². The predicted octanol–water partition coefficient (Wildman–Crippen LogP) is 3.71. The van der Waals surface area contributed by atoms with Crippen LogP contribution in [0.3, 0.4) is 0 Å². The minimum atomic E-state index is 1.07. The number of aromatic amines is 2. The molecule has 2 N–H and O–H groups in total. The molecule has 2 aromatic heterocycles. The van der Waals surface area contributed by atoms with Gasteiger partial charge in [-0.2, -0.15) is 5.10 Å². The SMILES string of the molecule is c1cc(-c2ccc3cn[nH]c3c2)c2cc[nH]c2c1. The van der Waals surface area contributed by atoms with Gasteiger partial charge in [-0.05, 0) is 29.3 Å². The Balaban J connectivity index is 2.03. The van der Waals surface area contributed by atoms with E-state index in [1.54, 1.807) is 0 Å². The molecule has 0 aliphatic carbocycles. The highest BCUT2D eigenvalue weighted by Crippen LogP contribution is 2.29. The lowest BCUT2D eigenvalue weighted by molar-refractivity contribution is 1.12. The van der Waals surface area contributed by atoms with Crippen molar-refractivity contribution in [1.82, 2.24) is 15.2 Å². The van der Waals surface area contributed by atoms with E-state index in [4.69, 9.17) is 0 Å². The molecule has 0 aliphatic rings. The molecule has 0 saturated heterocycles. The summed E-state index contributed by atoms with van der Waals surface area (Å²) in [6.07, 6.45) is 3.82. The highest BCUT2D eigenvalue weighted by atomic mass is 15.1. The van der Waals surface area contributed by atoms with Gasteiger partial charge in [0.25, 0.3) is 0 Å². The van der Waals surface area contributed by atoms with E-state index in [0.717, 1.165) is 16.4 Å². The van der Waals surface area contributed by atoms with Crippen molar-refractivity contribution in [3.63, 3.8) is 0 Å². The number of rotatable bonds is 1. The Bertz CT molecular complexity index is 839. The van der Waals surface area contributed by atoms with Crippen LogP contribution in [-0.4, -0.2) is 15.2 Å². The number of H-pyrrole nitrogens is 2. The predicted molar refractivity (Wildman–Crippen MR) is 73.4 cm³/mol. The van der Waals surface area contributed by atoms with Gasteiger partial charge in [0.2, 0.25) is 0 Å². The Morgan fingerprint density at radius 3 is 2.94 bits per heavy atom. The third-order valence-electron chi connectivity index (χ3n) is 3.35. The van der Waals surface area contributed by atoms with Crippen LogP contribution in [-0.2, 0) is 0 Å². The Kier molecular flexibility index (Phi) is 1.83. The number of hydrogen-bond acceptors (Lipinski definition) is 1. The molecule has 0 aliphatic heterocycles. The maximum atomic E-state index is 4.06. The smallest absolute Gasteiger partial charge is 0.0656 e. The van der Waals surface area contributed by atoms with Crippen molar-refractivity contribution >= 4 is 21.8 Å². The van der Waals surface area contributed by atoms with Gasteiger partial charge in [-0.25, -0.2) is 0 Å². The molecular formula is C15H11N3. The average Bonchev–Trinajstić information content (AvgIpc) is 3.05. The molecule has 18 heavy (non-hydrogen) atoms. The summed E-state index contributed by atoms with van der Waals surface area (Å²) in [6, 6.07) is 14.8. The van der Waals surface area contributed by atoms with E-state index in [0.29, 0.717) is 0 Å². The minimum Gasteiger partial charge on any atom is -0.361 e. The fraction of sp³-hybridized carbons (Fsp3) is 0. The van der Waals surface area contributed by atoms with Crippen molar-refractivity contribution < 1.29 is 0 Å². The number of hydrogen-bond donors (Lipinski definition) is 2. The van der Waals surface area contributed by atoms with Crippen molar-refractivity contribution in [3.05, 3.63) is 54.9 Å². The summed E-state index contributed by atoms with van der Waals surface area (Å²) in [5.41, 5.74) is 4.68. The van der Waals surface area contributed by atoms with Gasteiger partial charge in [0.1, 0.15) is 0 Å². The van der Waals surface area contributed by atoms with Crippen LogP contribution in [0.5, 0.6) is 0 Å². The Morgan fingerprint density at radius 2 is 1.94 bits per heavy atom. The molecule has 0 fully saturated rings. The van der Waals surface area contributed by atoms with Crippen molar-refractivity contribution in [1.29, 1.82) is 0 Å². The van der Waals surface area contributed by atoms with Crippen LogP contribution >= 0.6 is 0 Å². The first-order chi connectivity index (χ1) is 8.92. The lowest BCUT2D eigenvalue weighted by atomic mass is 10.0. The van der Waals surface area contributed by atoms with Crippen LogP contribution in [0, 0.1) is 0 Å². The molecule has 4 rings (SSSR count). The standard InChI is InChI=1S/C15H11N3/c1-2-12(13-6-7-16-14(13)3-1)10-4-5-11-9-17-18-15(11)8-10/h1-9,16H,(H,17,18). The van der Waals surface area contributed by atoms with Gasteiger partial charge in [-0.15, -0.1) is 0 Å². The maximum absolute atomic E-state index is 4.06. The van der Waals surface area contributed by atoms with Crippen LogP contribution in [0.25, 0.3) is 32.9 Å². The fourth-order valence-electron chi connectivity index (χ4n) is 2.44. The van der Waals surface area contributed by atoms with Gasteiger partial charge < -0.3 is 4.98 Å². The molecule has 3 nitrogen and oxygen atoms in total. The van der Waals surface area contributed by atoms with Crippen LogP contribution in [0.2, 0.25) is 0 Å². The van der Waals surface area contributed by atoms with Gasteiger partial charge in [0, 0.05) is 22.5 Å². The first kappa shape index (κ1) is 9.48. The number of benzene rings is 2. The third-order valence-corrected chi connectivity index (χ3v) is 3.35. The van der Waals surface area contributed by atoms with E-state index in [1.807, 2.05) is 12.4 Å². The maximum Gasteiger partial charge on any atom is 0.0656 e. The summed E-state index contributed by atoms with van der Waals surface area (Å²) < 4.78 is 0. The summed E-state index contributed by atoms with van der Waals surface area (Å²) in [6.45, 7) is 0. The number of nitrogens with one attached hydrogen (secondary N) is 2. The zero-order valence-corrected chi connectivity index (χ0v) is 9.64. The molecule has 0 unspecified atom stereocenters. The topological polar surface area (TPSA) is 44.5 Å². The second kappa shape index (κ2) is 3.47. The highest BCUT2D eigenvalue weighted by Gasteiger charge is 2.05. The van der Waals surface area contributed by atoms with Crippen LogP contribution in [0.1, 0.15) is 0 Å².